The van der Waals surface area contributed by atoms with Gasteiger partial charge in [0, 0.05) is 10.7 Å². The molecule has 0 heterocycles. The van der Waals surface area contributed by atoms with Crippen molar-refractivity contribution in [1.29, 1.82) is 0 Å². The highest BCUT2D eigenvalue weighted by molar-refractivity contribution is 7.92. The number of carbonyl (C=O) groups is 1. The Morgan fingerprint density at radius 1 is 1.04 bits per heavy atom. The minimum absolute atomic E-state index is 0.231. The largest absolute Gasteiger partial charge is 0.322 e. The van der Waals surface area contributed by atoms with E-state index < -0.39 is 15.7 Å². The van der Waals surface area contributed by atoms with Gasteiger partial charge in [-0.1, -0.05) is 42.1 Å². The van der Waals surface area contributed by atoms with Crippen molar-refractivity contribution in [3.05, 3.63) is 58.1 Å². The van der Waals surface area contributed by atoms with Gasteiger partial charge in [-0.15, -0.1) is 0 Å². The van der Waals surface area contributed by atoms with E-state index in [1.54, 1.807) is 30.3 Å². The number of nitrogens with one attached hydrogen (secondary N) is 1. The number of anilines is 1. The van der Waals surface area contributed by atoms with E-state index in [1.165, 1.54) is 12.1 Å². The molecule has 132 valence electrons. The van der Waals surface area contributed by atoms with E-state index in [0.29, 0.717) is 23.6 Å². The maximum Gasteiger partial charge on any atom is 0.257 e. The molecule has 0 radical (unpaired) electrons. The van der Waals surface area contributed by atoms with Crippen LogP contribution >= 0.6 is 23.2 Å². The van der Waals surface area contributed by atoms with E-state index >= 15 is 0 Å². The van der Waals surface area contributed by atoms with Crippen molar-refractivity contribution in [1.82, 2.24) is 0 Å². The monoisotopic (exact) mass is 397 g/mol. The lowest BCUT2D eigenvalue weighted by Crippen LogP contribution is -2.18. The highest BCUT2D eigenvalue weighted by Crippen LogP contribution is 2.30. The smallest absolute Gasteiger partial charge is 0.257 e. The molecule has 3 rings (SSSR count). The van der Waals surface area contributed by atoms with E-state index in [-0.39, 0.29) is 20.7 Å². The second kappa shape index (κ2) is 7.36. The molecule has 0 aromatic heterocycles. The summed E-state index contributed by atoms with van der Waals surface area (Å²) in [5, 5.41) is 3.02. The van der Waals surface area contributed by atoms with Gasteiger partial charge in [0.1, 0.15) is 0 Å². The zero-order chi connectivity index (χ0) is 18.0. The maximum atomic E-state index is 12.7. The summed E-state index contributed by atoms with van der Waals surface area (Å²) in [4.78, 5) is 12.6. The van der Waals surface area contributed by atoms with Crippen LogP contribution in [0.25, 0.3) is 0 Å². The fourth-order valence-electron chi connectivity index (χ4n) is 3.01. The van der Waals surface area contributed by atoms with Crippen molar-refractivity contribution < 1.29 is 13.2 Å². The van der Waals surface area contributed by atoms with Gasteiger partial charge in [-0.2, -0.15) is 0 Å². The van der Waals surface area contributed by atoms with Crippen molar-refractivity contribution >= 4 is 44.6 Å². The number of halogens is 2. The fourth-order valence-corrected chi connectivity index (χ4v) is 5.29. The van der Waals surface area contributed by atoms with Gasteiger partial charge in [0.2, 0.25) is 0 Å². The molecule has 0 atom stereocenters. The minimum atomic E-state index is -3.37. The van der Waals surface area contributed by atoms with E-state index in [1.807, 2.05) is 0 Å². The van der Waals surface area contributed by atoms with Crippen molar-refractivity contribution in [3.63, 3.8) is 0 Å². The minimum Gasteiger partial charge on any atom is -0.322 e. The summed E-state index contributed by atoms with van der Waals surface area (Å²) >= 11 is 11.9. The Morgan fingerprint density at radius 2 is 1.76 bits per heavy atom. The summed E-state index contributed by atoms with van der Waals surface area (Å²) in [5.41, 5.74) is 0.637. The van der Waals surface area contributed by atoms with Crippen molar-refractivity contribution in [3.8, 4) is 0 Å². The highest BCUT2D eigenvalue weighted by atomic mass is 35.5. The first-order valence-electron chi connectivity index (χ1n) is 7.98. The first-order chi connectivity index (χ1) is 11.9. The topological polar surface area (TPSA) is 63.2 Å². The van der Waals surface area contributed by atoms with E-state index in [4.69, 9.17) is 23.2 Å². The molecule has 2 aromatic rings. The van der Waals surface area contributed by atoms with E-state index in [9.17, 15) is 13.2 Å². The number of amides is 1. The highest BCUT2D eigenvalue weighted by Gasteiger charge is 2.30. The predicted octanol–water partition coefficient (Wildman–Crippen LogP) is 4.96. The number of rotatable bonds is 4. The van der Waals surface area contributed by atoms with Crippen LogP contribution in [0.4, 0.5) is 5.69 Å². The molecule has 0 saturated heterocycles. The van der Waals surface area contributed by atoms with Gasteiger partial charge in [-0.05, 0) is 49.2 Å². The second-order valence-electron chi connectivity index (χ2n) is 6.06. The normalized spacial score (nSPS) is 15.3. The Hall–Kier alpha value is -1.56. The van der Waals surface area contributed by atoms with Crippen LogP contribution in [-0.4, -0.2) is 19.6 Å². The lowest BCUT2D eigenvalue weighted by atomic mass is 10.2. The maximum absolute atomic E-state index is 12.7. The van der Waals surface area contributed by atoms with Crippen molar-refractivity contribution in [2.24, 2.45) is 0 Å². The molecule has 1 N–H and O–H groups in total. The molecule has 7 heteroatoms. The van der Waals surface area contributed by atoms with Crippen LogP contribution in [0.2, 0.25) is 10.0 Å². The molecule has 25 heavy (non-hydrogen) atoms. The zero-order valence-electron chi connectivity index (χ0n) is 13.3. The van der Waals surface area contributed by atoms with Crippen LogP contribution in [0.5, 0.6) is 0 Å². The summed E-state index contributed by atoms with van der Waals surface area (Å²) in [6.07, 6.45) is 3.26. The molecule has 1 saturated carbocycles. The third kappa shape index (κ3) is 4.00. The van der Waals surface area contributed by atoms with Gasteiger partial charge in [0.05, 0.1) is 20.7 Å². The second-order valence-corrected chi connectivity index (χ2v) is 9.13. The molecule has 1 aliphatic carbocycles. The zero-order valence-corrected chi connectivity index (χ0v) is 15.7. The Bertz CT molecular complexity index is 906. The number of benzene rings is 2. The molecule has 0 bridgehead atoms. The summed E-state index contributed by atoms with van der Waals surface area (Å²) in [5.74, 6) is -0.442. The van der Waals surface area contributed by atoms with Gasteiger partial charge in [0.25, 0.3) is 5.91 Å². The summed E-state index contributed by atoms with van der Waals surface area (Å²) in [6.45, 7) is 0. The Morgan fingerprint density at radius 3 is 2.48 bits per heavy atom. The van der Waals surface area contributed by atoms with Crippen LogP contribution in [0.3, 0.4) is 0 Å². The third-order valence-corrected chi connectivity index (χ3v) is 7.16. The molecule has 2 aromatic carbocycles. The SMILES string of the molecule is O=C(Nc1cccc(S(=O)(=O)C2CCCC2)c1)c1cc(Cl)ccc1Cl. The number of hydrogen-bond donors (Lipinski definition) is 1. The van der Waals surface area contributed by atoms with Gasteiger partial charge < -0.3 is 5.32 Å². The molecule has 1 aliphatic rings. The Kier molecular flexibility index (Phi) is 5.37. The first kappa shape index (κ1) is 18.2. The number of sulfone groups is 1. The van der Waals surface area contributed by atoms with Crippen molar-refractivity contribution in [2.75, 3.05) is 5.32 Å². The Labute approximate surface area is 157 Å². The average Bonchev–Trinajstić information content (AvgIpc) is 3.12. The third-order valence-electron chi connectivity index (χ3n) is 4.33. The van der Waals surface area contributed by atoms with Crippen LogP contribution in [-0.2, 0) is 9.84 Å². The predicted molar refractivity (Wildman–Crippen MR) is 100 cm³/mol. The van der Waals surface area contributed by atoms with Crippen LogP contribution in [0, 0.1) is 0 Å². The van der Waals surface area contributed by atoms with Gasteiger partial charge in [0.15, 0.2) is 9.84 Å². The Balaban J connectivity index is 1.84. The van der Waals surface area contributed by atoms with E-state index in [2.05, 4.69) is 5.32 Å². The molecule has 1 amide bonds. The van der Waals surface area contributed by atoms with Gasteiger partial charge >= 0.3 is 0 Å². The van der Waals surface area contributed by atoms with Crippen molar-refractivity contribution in [2.45, 2.75) is 35.8 Å². The lowest BCUT2D eigenvalue weighted by Gasteiger charge is -2.13. The standard InChI is InChI=1S/C18H17Cl2NO3S/c19-12-8-9-17(20)16(10-12)18(22)21-13-4-3-7-15(11-13)25(23,24)14-5-1-2-6-14/h3-4,7-11,14H,1-2,5-6H2,(H,21,22). The molecular weight excluding hydrogens is 381 g/mol. The molecule has 1 fully saturated rings. The fraction of sp³-hybridized carbons (Fsp3) is 0.278. The van der Waals surface area contributed by atoms with Crippen LogP contribution in [0.15, 0.2) is 47.4 Å². The molecular formula is C18H17Cl2NO3S. The molecule has 0 spiro atoms. The molecule has 4 nitrogen and oxygen atoms in total. The van der Waals surface area contributed by atoms with Gasteiger partial charge in [-0.25, -0.2) is 8.42 Å². The average molecular weight is 398 g/mol. The summed E-state index contributed by atoms with van der Waals surface area (Å²) in [7, 11) is -3.37. The number of hydrogen-bond acceptors (Lipinski definition) is 3. The number of carbonyl (C=O) groups excluding carboxylic acids is 1. The molecule has 0 aliphatic heterocycles. The summed E-state index contributed by atoms with van der Waals surface area (Å²) in [6, 6.07) is 10.9. The quantitative estimate of drug-likeness (QED) is 0.792. The molecule has 0 unspecified atom stereocenters. The first-order valence-corrected chi connectivity index (χ1v) is 10.3. The van der Waals surface area contributed by atoms with E-state index in [0.717, 1.165) is 12.8 Å². The lowest BCUT2D eigenvalue weighted by molar-refractivity contribution is 0.102. The van der Waals surface area contributed by atoms with Gasteiger partial charge in [-0.3, -0.25) is 4.79 Å². The summed E-state index contributed by atoms with van der Waals surface area (Å²) < 4.78 is 25.4. The van der Waals surface area contributed by atoms with Crippen LogP contribution in [0.1, 0.15) is 36.0 Å². The van der Waals surface area contributed by atoms with Crippen LogP contribution < -0.4 is 5.32 Å².